The largest absolute Gasteiger partial charge is 0.393 e. The maximum absolute atomic E-state index is 10.5. The van der Waals surface area contributed by atoms with E-state index in [9.17, 15) is 25.5 Å². The molecule has 26 heavy (non-hydrogen) atoms. The fourth-order valence-corrected chi connectivity index (χ4v) is 3.58. The van der Waals surface area contributed by atoms with Crippen molar-refractivity contribution in [2.75, 3.05) is 13.7 Å². The SMILES string of the molecule is CCCCCCCCCCCC(O)C1(CO)O[C@H](OC)[C@@H](O)[C@H](O)[C@H]1O. The van der Waals surface area contributed by atoms with Gasteiger partial charge in [0.25, 0.3) is 0 Å². The first-order valence-corrected chi connectivity index (χ1v) is 9.98. The molecule has 5 N–H and O–H groups in total. The Balaban J connectivity index is 2.41. The minimum absolute atomic E-state index is 0.326. The molecule has 0 aromatic carbocycles. The van der Waals surface area contributed by atoms with E-state index < -0.39 is 42.9 Å². The van der Waals surface area contributed by atoms with Crippen molar-refractivity contribution in [3.05, 3.63) is 0 Å². The van der Waals surface area contributed by atoms with Gasteiger partial charge in [-0.25, -0.2) is 0 Å². The maximum atomic E-state index is 10.5. The summed E-state index contributed by atoms with van der Waals surface area (Å²) in [5, 5.41) is 50.4. The van der Waals surface area contributed by atoms with Gasteiger partial charge in [-0.05, 0) is 6.42 Å². The highest BCUT2D eigenvalue weighted by molar-refractivity contribution is 5.04. The van der Waals surface area contributed by atoms with E-state index in [-0.39, 0.29) is 0 Å². The monoisotopic (exact) mass is 378 g/mol. The summed E-state index contributed by atoms with van der Waals surface area (Å²) >= 11 is 0. The third-order valence-electron chi connectivity index (χ3n) is 5.41. The van der Waals surface area contributed by atoms with Crippen molar-refractivity contribution in [2.45, 2.75) is 107 Å². The molecule has 1 aliphatic heterocycles. The summed E-state index contributed by atoms with van der Waals surface area (Å²) in [6.45, 7) is 1.52. The lowest BCUT2D eigenvalue weighted by atomic mass is 9.81. The van der Waals surface area contributed by atoms with Crippen molar-refractivity contribution in [1.82, 2.24) is 0 Å². The first-order valence-electron chi connectivity index (χ1n) is 9.98. The van der Waals surface area contributed by atoms with Gasteiger partial charge in [-0.2, -0.15) is 0 Å². The Labute approximate surface area is 157 Å². The van der Waals surface area contributed by atoms with E-state index >= 15 is 0 Å². The molecule has 1 aliphatic rings. The van der Waals surface area contributed by atoms with Gasteiger partial charge in [-0.3, -0.25) is 0 Å². The van der Waals surface area contributed by atoms with Gasteiger partial charge in [0.1, 0.15) is 23.9 Å². The highest BCUT2D eigenvalue weighted by Crippen LogP contribution is 2.34. The van der Waals surface area contributed by atoms with Crippen LogP contribution in [-0.4, -0.2) is 75.6 Å². The maximum Gasteiger partial charge on any atom is 0.186 e. The summed E-state index contributed by atoms with van der Waals surface area (Å²) in [6.07, 6.45) is 3.54. The minimum Gasteiger partial charge on any atom is -0.393 e. The van der Waals surface area contributed by atoms with Crippen LogP contribution in [0.2, 0.25) is 0 Å². The van der Waals surface area contributed by atoms with Crippen LogP contribution in [0.5, 0.6) is 0 Å². The van der Waals surface area contributed by atoms with Crippen LogP contribution in [0, 0.1) is 0 Å². The topological polar surface area (TPSA) is 120 Å². The van der Waals surface area contributed by atoms with E-state index in [1.807, 2.05) is 0 Å². The summed E-state index contributed by atoms with van der Waals surface area (Å²) in [7, 11) is 1.29. The normalized spacial score (nSPS) is 33.3. The quantitative estimate of drug-likeness (QED) is 0.304. The summed E-state index contributed by atoms with van der Waals surface area (Å²) < 4.78 is 10.4. The van der Waals surface area contributed by atoms with Crippen LogP contribution in [0.3, 0.4) is 0 Å². The van der Waals surface area contributed by atoms with Gasteiger partial charge in [0.2, 0.25) is 0 Å². The molecule has 0 saturated carbocycles. The number of methoxy groups -OCH3 is 1. The van der Waals surface area contributed by atoms with Gasteiger partial charge in [0.05, 0.1) is 12.7 Å². The Bertz CT molecular complexity index is 366. The number of aliphatic hydroxyl groups excluding tert-OH is 5. The molecule has 156 valence electrons. The van der Waals surface area contributed by atoms with Gasteiger partial charge in [-0.15, -0.1) is 0 Å². The molecule has 0 aliphatic carbocycles. The fraction of sp³-hybridized carbons (Fsp3) is 1.00. The highest BCUT2D eigenvalue weighted by Gasteiger charge is 2.57. The van der Waals surface area contributed by atoms with Crippen LogP contribution in [0.15, 0.2) is 0 Å². The molecule has 1 saturated heterocycles. The minimum atomic E-state index is -1.76. The molecule has 0 amide bonds. The molecule has 6 atom stereocenters. The standard InChI is InChI=1S/C19H38O7/c1-3-4-5-6-7-8-9-10-11-12-14(21)19(13-20)17(24)15(22)16(23)18(25-2)26-19/h14-18,20-24H,3-13H2,1-2H3/t14?,15-,16-,17+,18-,19?/m0/s1. The highest BCUT2D eigenvalue weighted by atomic mass is 16.7. The zero-order chi connectivity index (χ0) is 19.6. The Kier molecular flexibility index (Phi) is 11.2. The van der Waals surface area contributed by atoms with Gasteiger partial charge in [-0.1, -0.05) is 64.7 Å². The van der Waals surface area contributed by atoms with Crippen LogP contribution in [0.4, 0.5) is 0 Å². The first-order chi connectivity index (χ1) is 12.4. The molecule has 0 radical (unpaired) electrons. The molecule has 0 aromatic rings. The van der Waals surface area contributed by atoms with E-state index in [1.54, 1.807) is 0 Å². The smallest absolute Gasteiger partial charge is 0.186 e. The van der Waals surface area contributed by atoms with Crippen molar-refractivity contribution in [1.29, 1.82) is 0 Å². The zero-order valence-corrected chi connectivity index (χ0v) is 16.2. The van der Waals surface area contributed by atoms with Gasteiger partial charge >= 0.3 is 0 Å². The van der Waals surface area contributed by atoms with E-state index in [1.165, 1.54) is 45.6 Å². The van der Waals surface area contributed by atoms with E-state index in [4.69, 9.17) is 9.47 Å². The number of rotatable bonds is 13. The molecule has 1 fully saturated rings. The number of aliphatic hydroxyl groups is 5. The summed E-state index contributed by atoms with van der Waals surface area (Å²) in [5.74, 6) is 0. The second-order valence-corrected chi connectivity index (χ2v) is 7.39. The molecular weight excluding hydrogens is 340 g/mol. The molecule has 1 rings (SSSR count). The number of hydrogen-bond donors (Lipinski definition) is 5. The van der Waals surface area contributed by atoms with Gasteiger partial charge in [0.15, 0.2) is 6.29 Å². The summed E-state index contributed by atoms with van der Waals surface area (Å²) in [5.41, 5.74) is -1.76. The third-order valence-corrected chi connectivity index (χ3v) is 5.41. The molecule has 1 heterocycles. The average molecular weight is 379 g/mol. The number of hydrogen-bond acceptors (Lipinski definition) is 7. The van der Waals surface area contributed by atoms with Crippen LogP contribution >= 0.6 is 0 Å². The second kappa shape index (κ2) is 12.2. The lowest BCUT2D eigenvalue weighted by Gasteiger charge is -2.49. The lowest BCUT2D eigenvalue weighted by Crippen LogP contribution is -2.70. The molecule has 2 unspecified atom stereocenters. The Morgan fingerprint density at radius 2 is 1.46 bits per heavy atom. The van der Waals surface area contributed by atoms with E-state index in [0.717, 1.165) is 19.3 Å². The Morgan fingerprint density at radius 1 is 0.923 bits per heavy atom. The van der Waals surface area contributed by atoms with E-state index in [0.29, 0.717) is 6.42 Å². The fourth-order valence-electron chi connectivity index (χ4n) is 3.58. The van der Waals surface area contributed by atoms with Crippen molar-refractivity contribution in [3.63, 3.8) is 0 Å². The third kappa shape index (κ3) is 6.12. The molecular formula is C19H38O7. The van der Waals surface area contributed by atoms with Crippen molar-refractivity contribution < 1.29 is 35.0 Å². The summed E-state index contributed by atoms with van der Waals surface area (Å²) in [6, 6.07) is 0. The van der Waals surface area contributed by atoms with E-state index in [2.05, 4.69) is 6.92 Å². The average Bonchev–Trinajstić information content (AvgIpc) is 2.65. The lowest BCUT2D eigenvalue weighted by molar-refractivity contribution is -0.351. The van der Waals surface area contributed by atoms with Gasteiger partial charge < -0.3 is 35.0 Å². The molecule has 0 aromatic heterocycles. The Morgan fingerprint density at radius 3 is 1.96 bits per heavy atom. The summed E-state index contributed by atoms with van der Waals surface area (Å²) in [4.78, 5) is 0. The second-order valence-electron chi connectivity index (χ2n) is 7.39. The molecule has 7 heteroatoms. The van der Waals surface area contributed by atoms with Crippen LogP contribution in [-0.2, 0) is 9.47 Å². The molecule has 0 spiro atoms. The van der Waals surface area contributed by atoms with Gasteiger partial charge in [0, 0.05) is 7.11 Å². The number of unbranched alkanes of at least 4 members (excludes halogenated alkanes) is 8. The first kappa shape index (κ1) is 23.8. The Hall–Kier alpha value is -0.280. The van der Waals surface area contributed by atoms with Crippen LogP contribution in [0.25, 0.3) is 0 Å². The van der Waals surface area contributed by atoms with Crippen molar-refractivity contribution in [2.24, 2.45) is 0 Å². The van der Waals surface area contributed by atoms with Crippen LogP contribution in [0.1, 0.15) is 71.1 Å². The predicted molar refractivity (Wildman–Crippen MR) is 97.6 cm³/mol. The zero-order valence-electron chi connectivity index (χ0n) is 16.2. The van der Waals surface area contributed by atoms with Crippen molar-refractivity contribution >= 4 is 0 Å². The predicted octanol–water partition coefficient (Wildman–Crippen LogP) is 1.08. The molecule has 0 bridgehead atoms. The molecule has 7 nitrogen and oxygen atoms in total. The van der Waals surface area contributed by atoms with Crippen molar-refractivity contribution in [3.8, 4) is 0 Å². The van der Waals surface area contributed by atoms with Crippen LogP contribution < -0.4 is 0 Å². The number of ether oxygens (including phenoxy) is 2.